The number of nitrogens with zero attached hydrogens (tertiary/aromatic N) is 2. The van der Waals surface area contributed by atoms with Gasteiger partial charge in [-0.1, -0.05) is 23.2 Å². The summed E-state index contributed by atoms with van der Waals surface area (Å²) in [5.41, 5.74) is 0.0349. The van der Waals surface area contributed by atoms with E-state index in [-0.39, 0.29) is 24.0 Å². The Morgan fingerprint density at radius 1 is 1.27 bits per heavy atom. The highest BCUT2D eigenvalue weighted by atomic mass is 35.5. The topological polar surface area (TPSA) is 97.3 Å². The van der Waals surface area contributed by atoms with Gasteiger partial charge in [0.25, 0.3) is 0 Å². The van der Waals surface area contributed by atoms with Crippen LogP contribution in [0.3, 0.4) is 0 Å². The average Bonchev–Trinajstić information content (AvgIpc) is 2.73. The first kappa shape index (κ1) is 25.0. The Morgan fingerprint density at radius 3 is 2.64 bits per heavy atom. The second-order valence-corrected chi connectivity index (χ2v) is 9.27. The van der Waals surface area contributed by atoms with Gasteiger partial charge in [0.05, 0.1) is 11.8 Å². The number of carbonyl (C=O) groups excluding carboxylic acids is 3. The lowest BCUT2D eigenvalue weighted by Gasteiger charge is -2.46. The van der Waals surface area contributed by atoms with Gasteiger partial charge in [-0.15, -0.1) is 0 Å². The van der Waals surface area contributed by atoms with Crippen LogP contribution in [-0.4, -0.2) is 46.7 Å². The molecule has 2 unspecified atom stereocenters. The molecular formula is C23H25Cl2N3O5. The van der Waals surface area contributed by atoms with Crippen LogP contribution in [-0.2, 0) is 24.0 Å². The Labute approximate surface area is 202 Å². The van der Waals surface area contributed by atoms with Crippen LogP contribution in [0, 0.1) is 5.92 Å². The van der Waals surface area contributed by atoms with Crippen molar-refractivity contribution < 1.29 is 24.0 Å². The van der Waals surface area contributed by atoms with Crippen molar-refractivity contribution in [2.75, 3.05) is 11.9 Å². The van der Waals surface area contributed by atoms with Gasteiger partial charge in [-0.3, -0.25) is 9.59 Å². The minimum atomic E-state index is -1.01. The standard InChI is InChI=1S/C23H25Cl2N3O5/c1-14(29)33-26-13-15-9-19(30)5-6-20(15)21-28(7-4-8-32-21)23(2,3)22(31)27-18-11-16(24)10-17(25)12-18/h4,8,10-12,20-21H,5-7,9H2,1-3H3,(H,27,31). The molecule has 8 nitrogen and oxygen atoms in total. The number of ketones is 1. The van der Waals surface area contributed by atoms with Gasteiger partial charge < -0.3 is 14.9 Å². The molecular weight excluding hydrogens is 469 g/mol. The fraction of sp³-hybridized carbons (Fsp3) is 0.435. The zero-order valence-corrected chi connectivity index (χ0v) is 20.1. The third-order valence-corrected chi connectivity index (χ3v) is 6.03. The molecule has 1 aromatic rings. The van der Waals surface area contributed by atoms with Crippen LogP contribution in [0.1, 0.15) is 40.0 Å². The van der Waals surface area contributed by atoms with E-state index in [9.17, 15) is 14.4 Å². The normalized spacial score (nSPS) is 21.1. The molecule has 1 aromatic carbocycles. The molecule has 0 spiro atoms. The first-order chi connectivity index (χ1) is 15.6. The number of ether oxygens (including phenoxy) is 1. The molecule has 1 N–H and O–H groups in total. The predicted octanol–water partition coefficient (Wildman–Crippen LogP) is 4.33. The molecule has 3 rings (SSSR count). The van der Waals surface area contributed by atoms with Gasteiger partial charge in [-0.25, -0.2) is 9.69 Å². The van der Waals surface area contributed by atoms with E-state index in [1.165, 1.54) is 6.92 Å². The summed E-state index contributed by atoms with van der Waals surface area (Å²) in [4.78, 5) is 42.9. The Morgan fingerprint density at radius 2 is 1.97 bits per heavy atom. The summed E-state index contributed by atoms with van der Waals surface area (Å²) in [7, 11) is 0. The third kappa shape index (κ3) is 6.24. The number of hydrogen-bond acceptors (Lipinski definition) is 7. The van der Waals surface area contributed by atoms with Crippen molar-refractivity contribution in [1.82, 2.24) is 4.90 Å². The SMILES string of the molecule is CC(=O)ON=C=C1CC(=O)CCC1C1OC=CCN1C(C)(C)C(=O)Nc1cc(Cl)cc(Cl)c1. The molecule has 0 radical (unpaired) electrons. The molecule has 1 aliphatic heterocycles. The minimum Gasteiger partial charge on any atom is -0.482 e. The molecule has 1 saturated carbocycles. The lowest BCUT2D eigenvalue weighted by Crippen LogP contribution is -2.60. The molecule has 1 fully saturated rings. The van der Waals surface area contributed by atoms with Crippen LogP contribution >= 0.6 is 23.2 Å². The van der Waals surface area contributed by atoms with Crippen LogP contribution in [0.25, 0.3) is 0 Å². The van der Waals surface area contributed by atoms with Crippen LogP contribution in [0.4, 0.5) is 5.69 Å². The highest BCUT2D eigenvalue weighted by Crippen LogP contribution is 2.36. The van der Waals surface area contributed by atoms with Gasteiger partial charge in [0.1, 0.15) is 5.78 Å². The molecule has 176 valence electrons. The average molecular weight is 494 g/mol. The van der Waals surface area contributed by atoms with Crippen molar-refractivity contribution in [3.05, 3.63) is 46.2 Å². The number of nitrogens with one attached hydrogen (secondary N) is 1. The maximum atomic E-state index is 13.3. The summed E-state index contributed by atoms with van der Waals surface area (Å²) in [6, 6.07) is 4.81. The maximum Gasteiger partial charge on any atom is 0.332 e. The van der Waals surface area contributed by atoms with E-state index in [0.29, 0.717) is 40.7 Å². The van der Waals surface area contributed by atoms with Gasteiger partial charge in [0.15, 0.2) is 6.23 Å². The number of benzene rings is 1. The van der Waals surface area contributed by atoms with Gasteiger partial charge in [-0.2, -0.15) is 0 Å². The molecule has 2 atom stereocenters. The molecule has 0 saturated heterocycles. The number of hydrogen-bond donors (Lipinski definition) is 1. The van der Waals surface area contributed by atoms with Gasteiger partial charge in [-0.05, 0) is 49.7 Å². The van der Waals surface area contributed by atoms with E-state index in [4.69, 9.17) is 27.9 Å². The van der Waals surface area contributed by atoms with Crippen LogP contribution in [0.2, 0.25) is 10.0 Å². The number of carbonyl (C=O) groups is 3. The van der Waals surface area contributed by atoms with E-state index in [1.807, 2.05) is 11.0 Å². The number of amides is 1. The summed E-state index contributed by atoms with van der Waals surface area (Å²) < 4.78 is 5.95. The number of rotatable bonds is 5. The first-order valence-electron chi connectivity index (χ1n) is 10.4. The molecule has 10 heteroatoms. The fourth-order valence-electron chi connectivity index (χ4n) is 3.87. The van der Waals surface area contributed by atoms with Crippen LogP contribution in [0.5, 0.6) is 0 Å². The first-order valence-corrected chi connectivity index (χ1v) is 11.2. The smallest absolute Gasteiger partial charge is 0.332 e. The zero-order valence-electron chi connectivity index (χ0n) is 18.6. The van der Waals surface area contributed by atoms with Crippen molar-refractivity contribution in [3.63, 3.8) is 0 Å². The largest absolute Gasteiger partial charge is 0.482 e. The Bertz CT molecular complexity index is 1030. The minimum absolute atomic E-state index is 0.0412. The second kappa shape index (κ2) is 10.5. The van der Waals surface area contributed by atoms with Gasteiger partial charge >= 0.3 is 5.97 Å². The Kier molecular flexibility index (Phi) is 7.97. The molecule has 0 aromatic heterocycles. The van der Waals surface area contributed by atoms with Crippen molar-refractivity contribution in [3.8, 4) is 0 Å². The van der Waals surface area contributed by atoms with E-state index >= 15 is 0 Å². The Balaban J connectivity index is 1.87. The van der Waals surface area contributed by atoms with Crippen LogP contribution < -0.4 is 5.32 Å². The van der Waals surface area contributed by atoms with E-state index < -0.39 is 17.7 Å². The zero-order chi connectivity index (χ0) is 24.2. The lowest BCUT2D eigenvalue weighted by molar-refractivity contribution is -0.142. The van der Waals surface area contributed by atoms with Crippen molar-refractivity contribution >= 4 is 52.4 Å². The fourth-order valence-corrected chi connectivity index (χ4v) is 4.40. The Hall–Kier alpha value is -2.64. The maximum absolute atomic E-state index is 13.3. The van der Waals surface area contributed by atoms with Crippen molar-refractivity contribution in [1.29, 1.82) is 0 Å². The molecule has 0 bridgehead atoms. The second-order valence-electron chi connectivity index (χ2n) is 8.39. The lowest BCUT2D eigenvalue weighted by atomic mass is 9.81. The summed E-state index contributed by atoms with van der Waals surface area (Å²) in [6.45, 7) is 5.24. The number of anilines is 1. The van der Waals surface area contributed by atoms with E-state index in [2.05, 4.69) is 21.2 Å². The summed E-state index contributed by atoms with van der Waals surface area (Å²) in [5.74, 6) is 1.60. The highest BCUT2D eigenvalue weighted by molar-refractivity contribution is 6.35. The van der Waals surface area contributed by atoms with E-state index in [0.717, 1.165) is 0 Å². The van der Waals surface area contributed by atoms with Crippen LogP contribution in [0.15, 0.2) is 41.3 Å². The summed E-state index contributed by atoms with van der Waals surface area (Å²) >= 11 is 12.1. The summed E-state index contributed by atoms with van der Waals surface area (Å²) in [5, 5.41) is 7.27. The highest BCUT2D eigenvalue weighted by Gasteiger charge is 2.45. The van der Waals surface area contributed by atoms with Gasteiger partial charge in [0, 0.05) is 59.4 Å². The number of halogens is 2. The molecule has 1 heterocycles. The molecule has 1 aliphatic carbocycles. The molecule has 33 heavy (non-hydrogen) atoms. The van der Waals surface area contributed by atoms with Gasteiger partial charge in [0.2, 0.25) is 5.91 Å². The molecule has 1 amide bonds. The monoisotopic (exact) mass is 493 g/mol. The number of Topliss-reactive ketones (excluding diaryl/α,β-unsaturated/α-hetero) is 1. The van der Waals surface area contributed by atoms with E-state index in [1.54, 1.807) is 38.3 Å². The third-order valence-electron chi connectivity index (χ3n) is 5.59. The van der Waals surface area contributed by atoms with Crippen molar-refractivity contribution in [2.45, 2.75) is 51.8 Å². The van der Waals surface area contributed by atoms with Crippen molar-refractivity contribution in [2.24, 2.45) is 11.1 Å². The predicted molar refractivity (Wildman–Crippen MR) is 125 cm³/mol. The quantitative estimate of drug-likeness (QED) is 0.372. The molecule has 2 aliphatic rings. The summed E-state index contributed by atoms with van der Waals surface area (Å²) in [6.07, 6.45) is 3.83.